The molecular formula is C24H23N5O. The smallest absolute Gasteiger partial charge is 0.157 e. The summed E-state index contributed by atoms with van der Waals surface area (Å²) in [6.07, 6.45) is 5.58. The normalized spacial score (nSPS) is 11.6. The first-order valence-corrected chi connectivity index (χ1v) is 10.0. The summed E-state index contributed by atoms with van der Waals surface area (Å²) in [4.78, 5) is 4.46. The number of para-hydroxylation sites is 2. The molecule has 5 aromatic rings. The molecule has 6 nitrogen and oxygen atoms in total. The highest BCUT2D eigenvalue weighted by molar-refractivity contribution is 5.89. The molecule has 2 N–H and O–H groups in total. The molecule has 5 rings (SSSR count). The fraction of sp³-hybridized carbons (Fsp3) is 0.167. The Balaban J connectivity index is 1.57. The van der Waals surface area contributed by atoms with Gasteiger partial charge in [0.05, 0.1) is 24.0 Å². The molecule has 0 aliphatic rings. The lowest BCUT2D eigenvalue weighted by molar-refractivity contribution is 0.270. The van der Waals surface area contributed by atoms with E-state index in [1.807, 2.05) is 24.3 Å². The van der Waals surface area contributed by atoms with Crippen molar-refractivity contribution in [3.8, 4) is 22.6 Å². The maximum atomic E-state index is 6.35. The number of nitrogens with two attached hydrogens (primary N) is 1. The number of fused-ring (bicyclic) bond motifs is 2. The summed E-state index contributed by atoms with van der Waals surface area (Å²) >= 11 is 0. The summed E-state index contributed by atoms with van der Waals surface area (Å²) in [6.45, 7) is 4.98. The van der Waals surface area contributed by atoms with Gasteiger partial charge in [0.25, 0.3) is 0 Å². The van der Waals surface area contributed by atoms with Crippen LogP contribution in [0.5, 0.6) is 5.75 Å². The average molecular weight is 397 g/mol. The van der Waals surface area contributed by atoms with E-state index < -0.39 is 0 Å². The topological polar surface area (TPSA) is 70.4 Å². The molecule has 0 spiro atoms. The van der Waals surface area contributed by atoms with Crippen LogP contribution in [0.4, 0.5) is 5.82 Å². The van der Waals surface area contributed by atoms with Gasteiger partial charge < -0.3 is 15.0 Å². The van der Waals surface area contributed by atoms with Crippen molar-refractivity contribution in [1.29, 1.82) is 0 Å². The lowest BCUT2D eigenvalue weighted by atomic mass is 10.1. The number of aromatic nitrogens is 4. The number of anilines is 1. The third kappa shape index (κ3) is 3.06. The Morgan fingerprint density at radius 2 is 1.93 bits per heavy atom. The van der Waals surface area contributed by atoms with Crippen molar-refractivity contribution in [1.82, 2.24) is 19.2 Å². The van der Waals surface area contributed by atoms with E-state index in [1.54, 1.807) is 16.9 Å². The second kappa shape index (κ2) is 7.22. The number of hydrogen-bond donors (Lipinski definition) is 1. The zero-order valence-corrected chi connectivity index (χ0v) is 17.0. The van der Waals surface area contributed by atoms with E-state index in [1.165, 1.54) is 0 Å². The molecule has 0 atom stereocenters. The number of nitrogens with zero attached hydrogens (tertiary/aromatic N) is 4. The first-order chi connectivity index (χ1) is 14.6. The van der Waals surface area contributed by atoms with Crippen LogP contribution in [0.3, 0.4) is 0 Å². The fourth-order valence-corrected chi connectivity index (χ4v) is 3.67. The van der Waals surface area contributed by atoms with E-state index in [-0.39, 0.29) is 0 Å². The van der Waals surface area contributed by atoms with Crippen LogP contribution >= 0.6 is 0 Å². The zero-order chi connectivity index (χ0) is 20.7. The SMILES string of the molecule is CC(C)COc1ccccc1-n1ccc2cc(-c3cnc4ccnn4c3N)ccc21. The lowest BCUT2D eigenvalue weighted by Crippen LogP contribution is -2.06. The van der Waals surface area contributed by atoms with Crippen LogP contribution in [-0.2, 0) is 0 Å². The predicted octanol–water partition coefficient (Wildman–Crippen LogP) is 4.96. The van der Waals surface area contributed by atoms with Crippen LogP contribution in [0.25, 0.3) is 33.4 Å². The highest BCUT2D eigenvalue weighted by Crippen LogP contribution is 2.32. The molecule has 0 fully saturated rings. The molecule has 2 aromatic carbocycles. The average Bonchev–Trinajstić information content (AvgIpc) is 3.39. The number of rotatable bonds is 5. The van der Waals surface area contributed by atoms with Gasteiger partial charge in [-0.3, -0.25) is 0 Å². The molecule has 3 heterocycles. The van der Waals surface area contributed by atoms with Gasteiger partial charge in [0.2, 0.25) is 0 Å². The maximum Gasteiger partial charge on any atom is 0.157 e. The Labute approximate surface area is 174 Å². The van der Waals surface area contributed by atoms with Gasteiger partial charge >= 0.3 is 0 Å². The summed E-state index contributed by atoms with van der Waals surface area (Å²) in [6, 6.07) is 18.4. The van der Waals surface area contributed by atoms with Crippen LogP contribution in [0.15, 0.2) is 73.2 Å². The Bertz CT molecular complexity index is 1350. The fourth-order valence-electron chi connectivity index (χ4n) is 3.67. The zero-order valence-electron chi connectivity index (χ0n) is 17.0. The van der Waals surface area contributed by atoms with Crippen LogP contribution < -0.4 is 10.5 Å². The van der Waals surface area contributed by atoms with Gasteiger partial charge in [-0.25, -0.2) is 4.98 Å². The van der Waals surface area contributed by atoms with Crippen molar-refractivity contribution < 1.29 is 4.74 Å². The van der Waals surface area contributed by atoms with Gasteiger partial charge in [-0.05, 0) is 41.8 Å². The van der Waals surface area contributed by atoms with E-state index in [2.05, 4.69) is 65.0 Å². The molecule has 6 heteroatoms. The van der Waals surface area contributed by atoms with E-state index >= 15 is 0 Å². The molecule has 30 heavy (non-hydrogen) atoms. The highest BCUT2D eigenvalue weighted by atomic mass is 16.5. The second-order valence-corrected chi connectivity index (χ2v) is 7.79. The molecular weight excluding hydrogens is 374 g/mol. The molecule has 0 amide bonds. The predicted molar refractivity (Wildman–Crippen MR) is 120 cm³/mol. The van der Waals surface area contributed by atoms with Crippen molar-refractivity contribution >= 4 is 22.4 Å². The second-order valence-electron chi connectivity index (χ2n) is 7.79. The van der Waals surface area contributed by atoms with E-state index in [9.17, 15) is 0 Å². The molecule has 0 bridgehead atoms. The monoisotopic (exact) mass is 397 g/mol. The quantitative estimate of drug-likeness (QED) is 0.455. The Hall–Kier alpha value is -3.80. The molecule has 0 aliphatic carbocycles. The van der Waals surface area contributed by atoms with Gasteiger partial charge in [0.15, 0.2) is 5.65 Å². The summed E-state index contributed by atoms with van der Waals surface area (Å²) in [5.74, 6) is 1.93. The van der Waals surface area contributed by atoms with Crippen LogP contribution in [-0.4, -0.2) is 25.8 Å². The Morgan fingerprint density at radius 3 is 2.80 bits per heavy atom. The number of benzene rings is 2. The minimum Gasteiger partial charge on any atom is -0.491 e. The lowest BCUT2D eigenvalue weighted by Gasteiger charge is -2.15. The van der Waals surface area contributed by atoms with Gasteiger partial charge in [-0.15, -0.1) is 0 Å². The van der Waals surface area contributed by atoms with Gasteiger partial charge in [0.1, 0.15) is 11.6 Å². The van der Waals surface area contributed by atoms with Crippen molar-refractivity contribution in [2.75, 3.05) is 12.3 Å². The highest BCUT2D eigenvalue weighted by Gasteiger charge is 2.13. The first-order valence-electron chi connectivity index (χ1n) is 10.0. The van der Waals surface area contributed by atoms with Crippen molar-refractivity contribution in [2.24, 2.45) is 5.92 Å². The first kappa shape index (κ1) is 18.2. The molecule has 0 aliphatic heterocycles. The van der Waals surface area contributed by atoms with Gasteiger partial charge in [-0.1, -0.05) is 32.0 Å². The van der Waals surface area contributed by atoms with E-state index in [4.69, 9.17) is 10.5 Å². The van der Waals surface area contributed by atoms with E-state index in [0.29, 0.717) is 18.3 Å². The van der Waals surface area contributed by atoms with Crippen LogP contribution in [0.2, 0.25) is 0 Å². The van der Waals surface area contributed by atoms with Crippen LogP contribution in [0, 0.1) is 5.92 Å². The number of ether oxygens (including phenoxy) is 1. The van der Waals surface area contributed by atoms with Gasteiger partial charge in [0, 0.05) is 29.4 Å². The largest absolute Gasteiger partial charge is 0.491 e. The minimum atomic E-state index is 0.466. The molecule has 0 saturated carbocycles. The van der Waals surface area contributed by atoms with Crippen molar-refractivity contribution in [3.63, 3.8) is 0 Å². The molecule has 150 valence electrons. The van der Waals surface area contributed by atoms with Crippen LogP contribution in [0.1, 0.15) is 13.8 Å². The molecule has 0 radical (unpaired) electrons. The van der Waals surface area contributed by atoms with Crippen molar-refractivity contribution in [2.45, 2.75) is 13.8 Å². The van der Waals surface area contributed by atoms with E-state index in [0.717, 1.165) is 39.1 Å². The summed E-state index contributed by atoms with van der Waals surface area (Å²) in [7, 11) is 0. The standard InChI is InChI=1S/C24H23N5O/c1-16(2)15-30-22-6-4-3-5-21(22)28-12-10-18-13-17(7-8-20(18)28)19-14-26-23-9-11-27-29(23)24(19)25/h3-14,16H,15,25H2,1-2H3. The third-order valence-corrected chi connectivity index (χ3v) is 5.15. The molecule has 0 saturated heterocycles. The number of hydrogen-bond acceptors (Lipinski definition) is 4. The number of nitrogen functional groups attached to an aromatic ring is 1. The molecule has 3 aromatic heterocycles. The third-order valence-electron chi connectivity index (χ3n) is 5.15. The molecule has 0 unspecified atom stereocenters. The van der Waals surface area contributed by atoms with Crippen molar-refractivity contribution in [3.05, 3.63) is 73.2 Å². The minimum absolute atomic E-state index is 0.466. The summed E-state index contributed by atoms with van der Waals surface area (Å²) in [5, 5.41) is 5.38. The maximum absolute atomic E-state index is 6.35. The summed E-state index contributed by atoms with van der Waals surface area (Å²) in [5.41, 5.74) is 11.1. The Kier molecular flexibility index (Phi) is 4.39. The Morgan fingerprint density at radius 1 is 1.07 bits per heavy atom. The van der Waals surface area contributed by atoms with Gasteiger partial charge in [-0.2, -0.15) is 9.61 Å². The summed E-state index contributed by atoms with van der Waals surface area (Å²) < 4.78 is 9.88.